The van der Waals surface area contributed by atoms with Crippen LogP contribution in [0.1, 0.15) is 19.4 Å². The van der Waals surface area contributed by atoms with Crippen molar-refractivity contribution in [3.8, 4) is 11.4 Å². The number of hydrogen-bond acceptors (Lipinski definition) is 4. The molecule has 3 rings (SSSR count). The Morgan fingerprint density at radius 1 is 1.14 bits per heavy atom. The summed E-state index contributed by atoms with van der Waals surface area (Å²) >= 11 is 7.39. The largest absolute Gasteiger partial charge is 0.325 e. The van der Waals surface area contributed by atoms with Crippen LogP contribution in [0.4, 0.5) is 5.69 Å². The van der Waals surface area contributed by atoms with Crippen LogP contribution in [0.5, 0.6) is 0 Å². The van der Waals surface area contributed by atoms with Crippen LogP contribution in [-0.4, -0.2) is 26.4 Å². The fraction of sp³-hybridized carbons (Fsp3) is 0.286. The van der Waals surface area contributed by atoms with Crippen LogP contribution in [0.3, 0.4) is 0 Å². The predicted octanol–water partition coefficient (Wildman–Crippen LogP) is 5.29. The maximum atomic E-state index is 12.4. The number of aromatic nitrogens is 3. The number of halogens is 1. The monoisotopic (exact) mass is 414 g/mol. The fourth-order valence-corrected chi connectivity index (χ4v) is 3.64. The van der Waals surface area contributed by atoms with Crippen LogP contribution in [0, 0.1) is 12.8 Å². The highest BCUT2D eigenvalue weighted by Gasteiger charge is 2.17. The van der Waals surface area contributed by atoms with E-state index in [4.69, 9.17) is 11.6 Å². The quantitative estimate of drug-likeness (QED) is 0.533. The molecule has 0 saturated carbocycles. The lowest BCUT2D eigenvalue weighted by Gasteiger charge is -2.13. The van der Waals surface area contributed by atoms with Crippen molar-refractivity contribution in [1.29, 1.82) is 0 Å². The molecule has 1 N–H and O–H groups in total. The highest BCUT2D eigenvalue weighted by atomic mass is 35.5. The molecule has 1 heterocycles. The molecule has 28 heavy (non-hydrogen) atoms. The number of amides is 1. The number of benzene rings is 2. The van der Waals surface area contributed by atoms with E-state index in [1.165, 1.54) is 11.8 Å². The van der Waals surface area contributed by atoms with Gasteiger partial charge in [0.05, 0.1) is 5.75 Å². The van der Waals surface area contributed by atoms with E-state index in [0.29, 0.717) is 10.9 Å². The third-order valence-corrected chi connectivity index (χ3v) is 5.34. The summed E-state index contributed by atoms with van der Waals surface area (Å²) in [4.78, 5) is 12.4. The van der Waals surface area contributed by atoms with E-state index < -0.39 is 0 Å². The number of hydrogen-bond donors (Lipinski definition) is 1. The molecule has 0 spiro atoms. The van der Waals surface area contributed by atoms with Crippen molar-refractivity contribution in [2.75, 3.05) is 11.1 Å². The molecular weight excluding hydrogens is 392 g/mol. The third-order valence-electron chi connectivity index (χ3n) is 4.12. The van der Waals surface area contributed by atoms with Crippen molar-refractivity contribution < 1.29 is 4.79 Å². The molecule has 2 aromatic carbocycles. The van der Waals surface area contributed by atoms with Gasteiger partial charge in [-0.1, -0.05) is 55.4 Å². The molecule has 1 aromatic heterocycles. The molecule has 5 nitrogen and oxygen atoms in total. The summed E-state index contributed by atoms with van der Waals surface area (Å²) in [6.07, 6.45) is 0. The molecule has 3 aromatic rings. The van der Waals surface area contributed by atoms with Gasteiger partial charge in [-0.15, -0.1) is 10.2 Å². The molecule has 0 bridgehead atoms. The minimum atomic E-state index is -0.0635. The van der Waals surface area contributed by atoms with Gasteiger partial charge in [0.2, 0.25) is 5.91 Å². The number of nitrogens with zero attached hydrogens (tertiary/aromatic N) is 3. The lowest BCUT2D eigenvalue weighted by atomic mass is 10.2. The average molecular weight is 415 g/mol. The van der Waals surface area contributed by atoms with Gasteiger partial charge in [-0.3, -0.25) is 4.79 Å². The van der Waals surface area contributed by atoms with Crippen molar-refractivity contribution in [2.45, 2.75) is 32.5 Å². The lowest BCUT2D eigenvalue weighted by Crippen LogP contribution is -2.15. The predicted molar refractivity (Wildman–Crippen MR) is 116 cm³/mol. The molecule has 0 unspecified atom stereocenters. The van der Waals surface area contributed by atoms with Gasteiger partial charge in [0.15, 0.2) is 11.0 Å². The summed E-state index contributed by atoms with van der Waals surface area (Å²) in [5, 5.41) is 13.1. The first-order valence-electron chi connectivity index (χ1n) is 9.11. The molecule has 0 atom stereocenters. The van der Waals surface area contributed by atoms with E-state index in [2.05, 4.69) is 33.9 Å². The first kappa shape index (κ1) is 20.4. The number of rotatable bonds is 7. The summed E-state index contributed by atoms with van der Waals surface area (Å²) in [6.45, 7) is 7.03. The average Bonchev–Trinajstić information content (AvgIpc) is 3.04. The Hall–Kier alpha value is -2.31. The summed E-state index contributed by atoms with van der Waals surface area (Å²) in [7, 11) is 0. The molecular formula is C21H23ClN4OS. The van der Waals surface area contributed by atoms with Gasteiger partial charge in [0.1, 0.15) is 0 Å². The molecule has 0 aliphatic rings. The van der Waals surface area contributed by atoms with Crippen LogP contribution in [0.25, 0.3) is 11.4 Å². The van der Waals surface area contributed by atoms with Crippen LogP contribution in [0.15, 0.2) is 53.7 Å². The molecule has 7 heteroatoms. The topological polar surface area (TPSA) is 59.8 Å². The Morgan fingerprint density at radius 2 is 1.86 bits per heavy atom. The first-order valence-corrected chi connectivity index (χ1v) is 10.5. The highest BCUT2D eigenvalue weighted by molar-refractivity contribution is 7.99. The summed E-state index contributed by atoms with van der Waals surface area (Å²) in [5.41, 5.74) is 2.82. The van der Waals surface area contributed by atoms with Crippen LogP contribution < -0.4 is 5.32 Å². The Labute approximate surface area is 174 Å². The number of aryl methyl sites for hydroxylation is 1. The van der Waals surface area contributed by atoms with Crippen LogP contribution in [-0.2, 0) is 11.3 Å². The number of nitrogens with one attached hydrogen (secondary N) is 1. The Bertz CT molecular complexity index is 953. The van der Waals surface area contributed by atoms with Crippen molar-refractivity contribution in [3.05, 3.63) is 59.1 Å². The molecule has 0 saturated heterocycles. The van der Waals surface area contributed by atoms with E-state index in [0.717, 1.165) is 34.3 Å². The standard InChI is InChI=1S/C21H23ClN4OS/c1-14(2)12-26-20(16-8-10-17(22)11-9-16)24-25-21(26)28-13-19(27)23-18-7-5-4-6-15(18)3/h4-11,14H,12-13H2,1-3H3,(H,23,27). The van der Waals surface area contributed by atoms with Gasteiger partial charge in [0.25, 0.3) is 0 Å². The van der Waals surface area contributed by atoms with Gasteiger partial charge in [-0.05, 0) is 48.7 Å². The Balaban J connectivity index is 1.75. The van der Waals surface area contributed by atoms with E-state index in [1.54, 1.807) is 0 Å². The maximum Gasteiger partial charge on any atom is 0.234 e. The smallest absolute Gasteiger partial charge is 0.234 e. The second-order valence-corrected chi connectivity index (χ2v) is 8.35. The van der Waals surface area contributed by atoms with Crippen molar-refractivity contribution in [2.24, 2.45) is 5.92 Å². The SMILES string of the molecule is Cc1ccccc1NC(=O)CSc1nnc(-c2ccc(Cl)cc2)n1CC(C)C. The number of para-hydroxylation sites is 1. The van der Waals surface area contributed by atoms with E-state index in [-0.39, 0.29) is 11.7 Å². The summed E-state index contributed by atoms with van der Waals surface area (Å²) in [5.74, 6) is 1.41. The number of carbonyl (C=O) groups excluding carboxylic acids is 1. The van der Waals surface area contributed by atoms with E-state index >= 15 is 0 Å². The molecule has 0 radical (unpaired) electrons. The number of thioether (sulfide) groups is 1. The summed E-state index contributed by atoms with van der Waals surface area (Å²) in [6, 6.07) is 15.3. The molecule has 0 aliphatic carbocycles. The number of anilines is 1. The second-order valence-electron chi connectivity index (χ2n) is 6.97. The zero-order chi connectivity index (χ0) is 20.1. The fourth-order valence-electron chi connectivity index (χ4n) is 2.77. The third kappa shape index (κ3) is 5.14. The minimum absolute atomic E-state index is 0.0635. The Kier molecular flexibility index (Phi) is 6.75. The molecule has 0 aliphatic heterocycles. The van der Waals surface area contributed by atoms with Crippen molar-refractivity contribution >= 4 is 35.0 Å². The van der Waals surface area contributed by atoms with E-state index in [9.17, 15) is 4.79 Å². The Morgan fingerprint density at radius 3 is 2.54 bits per heavy atom. The van der Waals surface area contributed by atoms with Gasteiger partial charge in [-0.2, -0.15) is 0 Å². The van der Waals surface area contributed by atoms with Crippen LogP contribution in [0.2, 0.25) is 5.02 Å². The van der Waals surface area contributed by atoms with E-state index in [1.807, 2.05) is 55.5 Å². The zero-order valence-corrected chi connectivity index (χ0v) is 17.7. The van der Waals surface area contributed by atoms with Crippen molar-refractivity contribution in [3.63, 3.8) is 0 Å². The lowest BCUT2D eigenvalue weighted by molar-refractivity contribution is -0.113. The second kappa shape index (κ2) is 9.26. The van der Waals surface area contributed by atoms with Gasteiger partial charge in [0, 0.05) is 22.8 Å². The molecule has 0 fully saturated rings. The van der Waals surface area contributed by atoms with Gasteiger partial charge in [-0.25, -0.2) is 0 Å². The summed E-state index contributed by atoms with van der Waals surface area (Å²) < 4.78 is 2.07. The molecule has 1 amide bonds. The normalized spacial score (nSPS) is 11.0. The minimum Gasteiger partial charge on any atom is -0.325 e. The number of carbonyl (C=O) groups is 1. The van der Waals surface area contributed by atoms with Crippen LogP contribution >= 0.6 is 23.4 Å². The van der Waals surface area contributed by atoms with Gasteiger partial charge < -0.3 is 9.88 Å². The first-order chi connectivity index (χ1) is 13.4. The maximum absolute atomic E-state index is 12.4. The zero-order valence-electron chi connectivity index (χ0n) is 16.1. The van der Waals surface area contributed by atoms with Gasteiger partial charge >= 0.3 is 0 Å². The molecule has 146 valence electrons. The highest BCUT2D eigenvalue weighted by Crippen LogP contribution is 2.26. The van der Waals surface area contributed by atoms with Crippen molar-refractivity contribution in [1.82, 2.24) is 14.8 Å².